The molecule has 0 aliphatic rings. The molecule has 2 rings (SSSR count). The minimum Gasteiger partial charge on any atom is -0.312 e. The first kappa shape index (κ1) is 16.6. The van der Waals surface area contributed by atoms with E-state index >= 15 is 0 Å². The van der Waals surface area contributed by atoms with Gasteiger partial charge in [0.25, 0.3) is 0 Å². The first-order valence-corrected chi connectivity index (χ1v) is 9.15. The molecule has 21 heavy (non-hydrogen) atoms. The summed E-state index contributed by atoms with van der Waals surface area (Å²) < 4.78 is 0. The molecule has 3 nitrogen and oxygen atoms in total. The number of nitrogens with one attached hydrogen (secondary N) is 1. The lowest BCUT2D eigenvalue weighted by Gasteiger charge is -2.14. The van der Waals surface area contributed by atoms with Crippen LogP contribution in [0.3, 0.4) is 0 Å². The van der Waals surface area contributed by atoms with Crippen molar-refractivity contribution >= 4 is 22.7 Å². The van der Waals surface area contributed by atoms with Crippen LogP contribution in [0.4, 0.5) is 0 Å². The molecule has 0 bridgehead atoms. The Bertz CT molecular complexity index is 532. The second kappa shape index (κ2) is 8.03. The number of aryl methyl sites for hydroxylation is 1. The smallest absolute Gasteiger partial charge is 0.0795 e. The summed E-state index contributed by atoms with van der Waals surface area (Å²) in [6, 6.07) is 2.35. The molecule has 5 heteroatoms. The summed E-state index contributed by atoms with van der Waals surface area (Å²) in [5.74, 6) is 0.703. The van der Waals surface area contributed by atoms with E-state index in [0.717, 1.165) is 31.9 Å². The second-order valence-corrected chi connectivity index (χ2v) is 8.03. The molecule has 0 aromatic carbocycles. The largest absolute Gasteiger partial charge is 0.312 e. The minimum atomic E-state index is 0.703. The van der Waals surface area contributed by atoms with Crippen LogP contribution in [-0.4, -0.2) is 23.5 Å². The quantitative estimate of drug-likeness (QED) is 0.799. The fourth-order valence-electron chi connectivity index (χ4n) is 2.25. The summed E-state index contributed by atoms with van der Waals surface area (Å²) in [5.41, 5.74) is 4.51. The van der Waals surface area contributed by atoms with Gasteiger partial charge in [0.05, 0.1) is 11.2 Å². The normalized spacial score (nSPS) is 11.7. The van der Waals surface area contributed by atoms with E-state index in [-0.39, 0.29) is 0 Å². The van der Waals surface area contributed by atoms with E-state index in [4.69, 9.17) is 0 Å². The fourth-order valence-corrected chi connectivity index (χ4v) is 3.83. The SMILES string of the molecule is Cc1sc(CNCC(C)C)cc1CN(C)Cc1cscn1. The Labute approximate surface area is 136 Å². The number of aromatic nitrogens is 1. The van der Waals surface area contributed by atoms with Gasteiger partial charge in [-0.1, -0.05) is 13.8 Å². The summed E-state index contributed by atoms with van der Waals surface area (Å²) in [7, 11) is 2.16. The molecule has 2 aromatic rings. The van der Waals surface area contributed by atoms with Gasteiger partial charge in [0, 0.05) is 34.8 Å². The van der Waals surface area contributed by atoms with Crippen molar-refractivity contribution in [3.05, 3.63) is 38.0 Å². The van der Waals surface area contributed by atoms with Crippen LogP contribution in [0, 0.1) is 12.8 Å². The van der Waals surface area contributed by atoms with Crippen LogP contribution >= 0.6 is 22.7 Å². The number of rotatable bonds is 8. The highest BCUT2D eigenvalue weighted by molar-refractivity contribution is 7.12. The van der Waals surface area contributed by atoms with Crippen LogP contribution in [0.25, 0.3) is 0 Å². The molecule has 0 saturated carbocycles. The van der Waals surface area contributed by atoms with Crippen molar-refractivity contribution < 1.29 is 0 Å². The highest BCUT2D eigenvalue weighted by Crippen LogP contribution is 2.23. The van der Waals surface area contributed by atoms with Crippen molar-refractivity contribution in [2.24, 2.45) is 5.92 Å². The Morgan fingerprint density at radius 3 is 2.81 bits per heavy atom. The third kappa shape index (κ3) is 5.51. The molecular weight excluding hydrogens is 298 g/mol. The van der Waals surface area contributed by atoms with E-state index < -0.39 is 0 Å². The maximum Gasteiger partial charge on any atom is 0.0795 e. The number of hydrogen-bond donors (Lipinski definition) is 1. The predicted octanol–water partition coefficient (Wildman–Crippen LogP) is 3.89. The maximum atomic E-state index is 4.35. The molecule has 0 spiro atoms. The number of thiophene rings is 1. The molecule has 0 aliphatic heterocycles. The summed E-state index contributed by atoms with van der Waals surface area (Å²) >= 11 is 3.58. The Morgan fingerprint density at radius 1 is 1.33 bits per heavy atom. The Kier molecular flexibility index (Phi) is 6.36. The van der Waals surface area contributed by atoms with Gasteiger partial charge in [-0.3, -0.25) is 4.90 Å². The zero-order valence-corrected chi connectivity index (χ0v) is 15.0. The van der Waals surface area contributed by atoms with E-state index in [0.29, 0.717) is 5.92 Å². The standard InChI is InChI=1S/C16H25N3S2/c1-12(2)6-17-7-16-5-14(13(3)21-16)8-19(4)9-15-10-20-11-18-15/h5,10-12,17H,6-9H2,1-4H3. The van der Waals surface area contributed by atoms with Gasteiger partial charge in [-0.25, -0.2) is 4.98 Å². The van der Waals surface area contributed by atoms with Crippen LogP contribution in [-0.2, 0) is 19.6 Å². The molecule has 0 aliphatic carbocycles. The van der Waals surface area contributed by atoms with Crippen molar-refractivity contribution in [1.82, 2.24) is 15.2 Å². The van der Waals surface area contributed by atoms with E-state index in [1.807, 2.05) is 16.8 Å². The third-order valence-electron chi connectivity index (χ3n) is 3.28. The van der Waals surface area contributed by atoms with E-state index in [2.05, 4.69) is 54.5 Å². The van der Waals surface area contributed by atoms with E-state index in [9.17, 15) is 0 Å². The van der Waals surface area contributed by atoms with Crippen LogP contribution < -0.4 is 5.32 Å². The highest BCUT2D eigenvalue weighted by atomic mass is 32.1. The average Bonchev–Trinajstić information content (AvgIpc) is 3.00. The summed E-state index contributed by atoms with van der Waals surface area (Å²) in [4.78, 5) is 9.55. The van der Waals surface area contributed by atoms with Gasteiger partial charge in [0.1, 0.15) is 0 Å². The lowest BCUT2D eigenvalue weighted by molar-refractivity contribution is 0.315. The monoisotopic (exact) mass is 323 g/mol. The van der Waals surface area contributed by atoms with Crippen LogP contribution in [0.2, 0.25) is 0 Å². The second-order valence-electron chi connectivity index (χ2n) is 5.97. The Morgan fingerprint density at radius 2 is 2.14 bits per heavy atom. The summed E-state index contributed by atoms with van der Waals surface area (Å²) in [6.45, 7) is 10.7. The molecule has 0 atom stereocenters. The van der Waals surface area contributed by atoms with Gasteiger partial charge in [0.2, 0.25) is 0 Å². The molecule has 0 amide bonds. The topological polar surface area (TPSA) is 28.2 Å². The lowest BCUT2D eigenvalue weighted by atomic mass is 10.2. The van der Waals surface area contributed by atoms with Crippen LogP contribution in [0.15, 0.2) is 17.0 Å². The molecule has 0 fully saturated rings. The first-order chi connectivity index (χ1) is 10.0. The molecule has 0 radical (unpaired) electrons. The van der Waals surface area contributed by atoms with Gasteiger partial charge in [0.15, 0.2) is 0 Å². The molecule has 2 aromatic heterocycles. The zero-order chi connectivity index (χ0) is 15.2. The van der Waals surface area contributed by atoms with E-state index in [1.54, 1.807) is 11.3 Å². The molecule has 1 N–H and O–H groups in total. The zero-order valence-electron chi connectivity index (χ0n) is 13.3. The minimum absolute atomic E-state index is 0.703. The highest BCUT2D eigenvalue weighted by Gasteiger charge is 2.09. The van der Waals surface area contributed by atoms with Gasteiger partial charge < -0.3 is 5.32 Å². The van der Waals surface area contributed by atoms with Gasteiger partial charge in [-0.15, -0.1) is 22.7 Å². The van der Waals surface area contributed by atoms with Crippen LogP contribution in [0.5, 0.6) is 0 Å². The first-order valence-electron chi connectivity index (χ1n) is 7.39. The molecule has 0 unspecified atom stereocenters. The van der Waals surface area contributed by atoms with Crippen molar-refractivity contribution in [1.29, 1.82) is 0 Å². The van der Waals surface area contributed by atoms with Crippen molar-refractivity contribution in [2.75, 3.05) is 13.6 Å². The molecule has 116 valence electrons. The number of hydrogen-bond acceptors (Lipinski definition) is 5. The molecule has 0 saturated heterocycles. The Balaban J connectivity index is 1.86. The lowest BCUT2D eigenvalue weighted by Crippen LogP contribution is -2.18. The third-order valence-corrected chi connectivity index (χ3v) is 5.01. The van der Waals surface area contributed by atoms with Gasteiger partial charge >= 0.3 is 0 Å². The maximum absolute atomic E-state index is 4.35. The summed E-state index contributed by atoms with van der Waals surface area (Å²) in [5, 5.41) is 5.64. The average molecular weight is 324 g/mol. The van der Waals surface area contributed by atoms with Gasteiger partial charge in [-0.05, 0) is 38.1 Å². The molecule has 2 heterocycles. The van der Waals surface area contributed by atoms with Crippen molar-refractivity contribution in [3.63, 3.8) is 0 Å². The van der Waals surface area contributed by atoms with Crippen LogP contribution in [0.1, 0.15) is 34.9 Å². The number of nitrogens with zero attached hydrogens (tertiary/aromatic N) is 2. The van der Waals surface area contributed by atoms with Crippen molar-refractivity contribution in [2.45, 2.75) is 40.4 Å². The summed E-state index contributed by atoms with van der Waals surface area (Å²) in [6.07, 6.45) is 0. The Hall–Kier alpha value is -0.750. The van der Waals surface area contributed by atoms with Crippen molar-refractivity contribution in [3.8, 4) is 0 Å². The predicted molar refractivity (Wildman–Crippen MR) is 92.9 cm³/mol. The van der Waals surface area contributed by atoms with Gasteiger partial charge in [-0.2, -0.15) is 0 Å². The van der Waals surface area contributed by atoms with E-state index in [1.165, 1.54) is 15.3 Å². The number of thiazole rings is 1. The molecular formula is C16H25N3S2. The fraction of sp³-hybridized carbons (Fsp3) is 0.562.